The van der Waals surface area contributed by atoms with Crippen molar-refractivity contribution in [2.45, 2.75) is 6.61 Å². The van der Waals surface area contributed by atoms with Gasteiger partial charge in [-0.15, -0.1) is 6.58 Å². The summed E-state index contributed by atoms with van der Waals surface area (Å²) in [6.45, 7) is 3.84. The lowest BCUT2D eigenvalue weighted by Gasteiger charge is -2.27. The van der Waals surface area contributed by atoms with E-state index in [-0.39, 0.29) is 28.9 Å². The molecule has 1 aliphatic rings. The van der Waals surface area contributed by atoms with Crippen LogP contribution in [0.4, 0.5) is 4.39 Å². The standard InChI is InChI=1S/C22H18ClFN2O4S/c1-3-8-26-21(28)16(20(27)25-22(26)31)10-13-4-6-18(29-2)14(9-13)12-30-19-7-5-15(24)11-17(19)23/h3-7,9-11H,1,8,12H2,2H3,(H,25,27,31)/b16-10+. The Morgan fingerprint density at radius 1 is 1.23 bits per heavy atom. The van der Waals surface area contributed by atoms with Crippen molar-refractivity contribution < 1.29 is 23.5 Å². The number of hydrogen-bond acceptors (Lipinski definition) is 5. The van der Waals surface area contributed by atoms with E-state index in [0.717, 1.165) is 6.07 Å². The molecule has 0 bridgehead atoms. The van der Waals surface area contributed by atoms with Crippen LogP contribution in [0, 0.1) is 5.82 Å². The van der Waals surface area contributed by atoms with E-state index in [4.69, 9.17) is 33.3 Å². The smallest absolute Gasteiger partial charge is 0.265 e. The molecule has 0 aliphatic carbocycles. The summed E-state index contributed by atoms with van der Waals surface area (Å²) < 4.78 is 24.3. The summed E-state index contributed by atoms with van der Waals surface area (Å²) in [7, 11) is 1.51. The number of methoxy groups -OCH3 is 1. The van der Waals surface area contributed by atoms with Crippen LogP contribution in [-0.2, 0) is 16.2 Å². The number of amides is 2. The van der Waals surface area contributed by atoms with Crippen LogP contribution in [0.2, 0.25) is 5.02 Å². The first-order valence-electron chi connectivity index (χ1n) is 9.08. The fourth-order valence-electron chi connectivity index (χ4n) is 2.90. The van der Waals surface area contributed by atoms with Crippen molar-refractivity contribution in [3.05, 3.63) is 76.6 Å². The summed E-state index contributed by atoms with van der Waals surface area (Å²) in [5.41, 5.74) is 1.16. The molecule has 1 heterocycles. The highest BCUT2D eigenvalue weighted by Crippen LogP contribution is 2.28. The number of thiocarbonyl (C=S) groups is 1. The second-order valence-corrected chi connectivity index (χ2v) is 7.25. The zero-order valence-corrected chi connectivity index (χ0v) is 18.1. The molecule has 1 fully saturated rings. The highest BCUT2D eigenvalue weighted by atomic mass is 35.5. The van der Waals surface area contributed by atoms with Gasteiger partial charge in [-0.1, -0.05) is 23.7 Å². The van der Waals surface area contributed by atoms with E-state index in [1.807, 2.05) is 0 Å². The van der Waals surface area contributed by atoms with E-state index in [2.05, 4.69) is 11.9 Å². The molecule has 0 atom stereocenters. The van der Waals surface area contributed by atoms with Crippen molar-refractivity contribution in [1.82, 2.24) is 10.2 Å². The van der Waals surface area contributed by atoms with Gasteiger partial charge in [0.25, 0.3) is 11.8 Å². The van der Waals surface area contributed by atoms with Crippen LogP contribution in [0.5, 0.6) is 11.5 Å². The van der Waals surface area contributed by atoms with Crippen LogP contribution in [0.25, 0.3) is 6.08 Å². The molecule has 0 radical (unpaired) electrons. The highest BCUT2D eigenvalue weighted by molar-refractivity contribution is 7.80. The Labute approximate surface area is 188 Å². The SMILES string of the molecule is C=CCN1C(=O)/C(=C/c2ccc(OC)c(COc3ccc(F)cc3Cl)c2)C(=O)NC1=S. The first kappa shape index (κ1) is 22.5. The first-order chi connectivity index (χ1) is 14.8. The maximum atomic E-state index is 13.2. The van der Waals surface area contributed by atoms with Gasteiger partial charge < -0.3 is 9.47 Å². The molecule has 9 heteroatoms. The molecule has 0 spiro atoms. The molecule has 0 saturated carbocycles. The van der Waals surface area contributed by atoms with Crippen LogP contribution in [0.15, 0.2) is 54.6 Å². The van der Waals surface area contributed by atoms with E-state index in [9.17, 15) is 14.0 Å². The summed E-state index contributed by atoms with van der Waals surface area (Å²) in [5, 5.41) is 2.67. The molecule has 31 heavy (non-hydrogen) atoms. The van der Waals surface area contributed by atoms with Gasteiger partial charge in [-0.25, -0.2) is 4.39 Å². The minimum Gasteiger partial charge on any atom is -0.496 e. The third-order valence-corrected chi connectivity index (χ3v) is 5.01. The molecule has 1 aliphatic heterocycles. The van der Waals surface area contributed by atoms with Gasteiger partial charge in [0.15, 0.2) is 5.11 Å². The minimum atomic E-state index is -0.581. The quantitative estimate of drug-likeness (QED) is 0.294. The van der Waals surface area contributed by atoms with E-state index in [1.54, 1.807) is 18.2 Å². The Morgan fingerprint density at radius 3 is 2.65 bits per heavy atom. The average Bonchev–Trinajstić information content (AvgIpc) is 2.73. The predicted octanol–water partition coefficient (Wildman–Crippen LogP) is 3.88. The molecular formula is C22H18ClFN2O4S. The van der Waals surface area contributed by atoms with Crippen LogP contribution in [0.1, 0.15) is 11.1 Å². The molecule has 160 valence electrons. The van der Waals surface area contributed by atoms with E-state index in [1.165, 1.54) is 36.3 Å². The normalized spacial score (nSPS) is 15.1. The van der Waals surface area contributed by atoms with Crippen molar-refractivity contribution in [2.75, 3.05) is 13.7 Å². The van der Waals surface area contributed by atoms with Gasteiger partial charge in [-0.05, 0) is 54.2 Å². The van der Waals surface area contributed by atoms with Crippen LogP contribution in [0.3, 0.4) is 0 Å². The Morgan fingerprint density at radius 2 is 1.97 bits per heavy atom. The molecule has 1 N–H and O–H groups in total. The van der Waals surface area contributed by atoms with Crippen LogP contribution < -0.4 is 14.8 Å². The van der Waals surface area contributed by atoms with Crippen LogP contribution >= 0.6 is 23.8 Å². The van der Waals surface area contributed by atoms with Gasteiger partial charge in [0, 0.05) is 12.1 Å². The molecule has 2 aromatic rings. The van der Waals surface area contributed by atoms with Crippen molar-refractivity contribution >= 4 is 46.8 Å². The summed E-state index contributed by atoms with van der Waals surface area (Å²) >= 11 is 11.1. The van der Waals surface area contributed by atoms with Gasteiger partial charge in [0.2, 0.25) is 0 Å². The van der Waals surface area contributed by atoms with E-state index < -0.39 is 17.6 Å². The fourth-order valence-corrected chi connectivity index (χ4v) is 3.38. The number of hydrogen-bond donors (Lipinski definition) is 1. The number of carbonyl (C=O) groups is 2. The number of nitrogens with zero attached hydrogens (tertiary/aromatic N) is 1. The number of nitrogens with one attached hydrogen (secondary N) is 1. The summed E-state index contributed by atoms with van der Waals surface area (Å²) in [6.07, 6.45) is 2.98. The zero-order chi connectivity index (χ0) is 22.5. The Hall–Kier alpha value is -3.23. The molecular weight excluding hydrogens is 443 g/mol. The fraction of sp³-hybridized carbons (Fsp3) is 0.136. The largest absolute Gasteiger partial charge is 0.496 e. The maximum Gasteiger partial charge on any atom is 0.265 e. The first-order valence-corrected chi connectivity index (χ1v) is 9.87. The molecule has 2 amide bonds. The summed E-state index contributed by atoms with van der Waals surface area (Å²) in [6, 6.07) is 8.93. The van der Waals surface area contributed by atoms with Crippen molar-refractivity contribution in [3.63, 3.8) is 0 Å². The topological polar surface area (TPSA) is 67.9 Å². The second-order valence-electron chi connectivity index (χ2n) is 6.46. The summed E-state index contributed by atoms with van der Waals surface area (Å²) in [4.78, 5) is 26.3. The van der Waals surface area contributed by atoms with Crippen molar-refractivity contribution in [3.8, 4) is 11.5 Å². The lowest BCUT2D eigenvalue weighted by molar-refractivity contribution is -0.128. The van der Waals surface area contributed by atoms with E-state index >= 15 is 0 Å². The average molecular weight is 461 g/mol. The number of ether oxygens (including phenoxy) is 2. The lowest BCUT2D eigenvalue weighted by Crippen LogP contribution is -2.53. The molecule has 6 nitrogen and oxygen atoms in total. The molecule has 0 aromatic heterocycles. The van der Waals surface area contributed by atoms with Gasteiger partial charge in [-0.3, -0.25) is 19.8 Å². The maximum absolute atomic E-state index is 13.2. The zero-order valence-electron chi connectivity index (χ0n) is 16.5. The predicted molar refractivity (Wildman–Crippen MR) is 119 cm³/mol. The molecule has 1 saturated heterocycles. The minimum absolute atomic E-state index is 0.0343. The third-order valence-electron chi connectivity index (χ3n) is 4.39. The monoisotopic (exact) mass is 460 g/mol. The Balaban J connectivity index is 1.88. The number of benzene rings is 2. The number of rotatable bonds is 7. The van der Waals surface area contributed by atoms with Crippen LogP contribution in [-0.4, -0.2) is 35.5 Å². The van der Waals surface area contributed by atoms with Crippen molar-refractivity contribution in [2.24, 2.45) is 0 Å². The molecule has 2 aromatic carbocycles. The second kappa shape index (κ2) is 9.72. The summed E-state index contributed by atoms with van der Waals surface area (Å²) in [5.74, 6) is -0.718. The van der Waals surface area contributed by atoms with Gasteiger partial charge >= 0.3 is 0 Å². The number of halogens is 2. The van der Waals surface area contributed by atoms with Crippen molar-refractivity contribution in [1.29, 1.82) is 0 Å². The molecule has 0 unspecified atom stereocenters. The highest BCUT2D eigenvalue weighted by Gasteiger charge is 2.32. The lowest BCUT2D eigenvalue weighted by atomic mass is 10.0. The van der Waals surface area contributed by atoms with Gasteiger partial charge in [-0.2, -0.15) is 0 Å². The Bertz CT molecular complexity index is 1100. The Kier molecular flexibility index (Phi) is 7.04. The van der Waals surface area contributed by atoms with E-state index in [0.29, 0.717) is 22.6 Å². The third kappa shape index (κ3) is 5.10. The van der Waals surface area contributed by atoms with Gasteiger partial charge in [0.05, 0.1) is 12.1 Å². The van der Waals surface area contributed by atoms with Gasteiger partial charge in [0.1, 0.15) is 29.5 Å². The number of carbonyl (C=O) groups excluding carboxylic acids is 2. The molecule has 3 rings (SSSR count).